The fraction of sp³-hybridized carbons (Fsp3) is 0.143. The van der Waals surface area contributed by atoms with Gasteiger partial charge in [0.25, 0.3) is 0 Å². The summed E-state index contributed by atoms with van der Waals surface area (Å²) in [5.41, 5.74) is 2.00. The highest BCUT2D eigenvalue weighted by atomic mass is 19.3. The van der Waals surface area contributed by atoms with Crippen LogP contribution in [0.5, 0.6) is 17.2 Å². The Labute approximate surface area is 150 Å². The number of ether oxygens (including phenoxy) is 3. The molecule has 134 valence electrons. The van der Waals surface area contributed by atoms with Crippen molar-refractivity contribution in [2.45, 2.75) is 19.8 Å². The van der Waals surface area contributed by atoms with Crippen LogP contribution in [-0.4, -0.2) is 6.61 Å². The zero-order valence-corrected chi connectivity index (χ0v) is 14.0. The third-order valence-electron chi connectivity index (χ3n) is 3.58. The molecule has 0 aliphatic carbocycles. The predicted molar refractivity (Wildman–Crippen MR) is 94.6 cm³/mol. The molecule has 0 amide bonds. The van der Waals surface area contributed by atoms with Gasteiger partial charge in [-0.3, -0.25) is 0 Å². The Hall–Kier alpha value is -3.08. The summed E-state index contributed by atoms with van der Waals surface area (Å²) >= 11 is 0. The molecule has 0 N–H and O–H groups in total. The van der Waals surface area contributed by atoms with Gasteiger partial charge in [0.2, 0.25) is 0 Å². The van der Waals surface area contributed by atoms with E-state index in [-0.39, 0.29) is 5.75 Å². The lowest BCUT2D eigenvalue weighted by Crippen LogP contribution is -2.02. The number of rotatable bonds is 8. The minimum absolute atomic E-state index is 0.0671. The van der Waals surface area contributed by atoms with Crippen LogP contribution in [0.25, 0.3) is 0 Å². The van der Waals surface area contributed by atoms with Crippen LogP contribution in [0, 0.1) is 0 Å². The highest BCUT2D eigenvalue weighted by molar-refractivity contribution is 5.34. The largest absolute Gasteiger partial charge is 0.489 e. The summed E-state index contributed by atoms with van der Waals surface area (Å²) in [6.45, 7) is -2.08. The monoisotopic (exact) mass is 356 g/mol. The van der Waals surface area contributed by atoms with E-state index in [2.05, 4.69) is 4.74 Å². The molecule has 3 aromatic carbocycles. The fourth-order valence-electron chi connectivity index (χ4n) is 2.37. The molecule has 0 bridgehead atoms. The maximum absolute atomic E-state index is 12.3. The standard InChI is InChI=1S/C21H18F2O3/c22-21(23)26-20-11-5-10-19(13-20)25-15-17-8-4-9-18(12-17)24-14-16-6-2-1-3-7-16/h1-13,21H,14-15H2. The number of benzene rings is 3. The zero-order chi connectivity index (χ0) is 18.2. The van der Waals surface area contributed by atoms with E-state index >= 15 is 0 Å². The van der Waals surface area contributed by atoms with E-state index in [1.54, 1.807) is 12.1 Å². The molecule has 5 heteroatoms. The van der Waals surface area contributed by atoms with Crippen molar-refractivity contribution in [3.8, 4) is 17.2 Å². The third-order valence-corrected chi connectivity index (χ3v) is 3.58. The van der Waals surface area contributed by atoms with Crippen molar-refractivity contribution in [1.82, 2.24) is 0 Å². The molecule has 0 heterocycles. The van der Waals surface area contributed by atoms with Crippen LogP contribution in [-0.2, 0) is 13.2 Å². The average molecular weight is 356 g/mol. The van der Waals surface area contributed by atoms with Crippen molar-refractivity contribution in [3.05, 3.63) is 90.0 Å². The van der Waals surface area contributed by atoms with Crippen molar-refractivity contribution in [1.29, 1.82) is 0 Å². The molecule has 0 saturated heterocycles. The second-order valence-electron chi connectivity index (χ2n) is 5.56. The number of hydrogen-bond donors (Lipinski definition) is 0. The van der Waals surface area contributed by atoms with Crippen LogP contribution >= 0.6 is 0 Å². The van der Waals surface area contributed by atoms with Crippen molar-refractivity contribution < 1.29 is 23.0 Å². The minimum Gasteiger partial charge on any atom is -0.489 e. The van der Waals surface area contributed by atoms with Crippen molar-refractivity contribution in [2.24, 2.45) is 0 Å². The summed E-state index contributed by atoms with van der Waals surface area (Å²) < 4.78 is 40.3. The minimum atomic E-state index is -2.86. The highest BCUT2D eigenvalue weighted by Crippen LogP contribution is 2.23. The number of hydrogen-bond acceptors (Lipinski definition) is 3. The molecule has 26 heavy (non-hydrogen) atoms. The van der Waals surface area contributed by atoms with Crippen LogP contribution in [0.2, 0.25) is 0 Å². The second-order valence-corrected chi connectivity index (χ2v) is 5.56. The van der Waals surface area contributed by atoms with Crippen LogP contribution in [0.1, 0.15) is 11.1 Å². The number of halogens is 2. The van der Waals surface area contributed by atoms with E-state index in [1.165, 1.54) is 12.1 Å². The summed E-state index contributed by atoms with van der Waals surface area (Å²) in [6, 6.07) is 23.6. The summed E-state index contributed by atoms with van der Waals surface area (Å²) in [6.07, 6.45) is 0. The smallest absolute Gasteiger partial charge is 0.387 e. The highest BCUT2D eigenvalue weighted by Gasteiger charge is 2.05. The molecule has 0 atom stereocenters. The van der Waals surface area contributed by atoms with Gasteiger partial charge in [0.05, 0.1) is 0 Å². The molecule has 0 saturated carbocycles. The predicted octanol–water partition coefficient (Wildman–Crippen LogP) is 5.45. The van der Waals surface area contributed by atoms with Crippen molar-refractivity contribution in [3.63, 3.8) is 0 Å². The summed E-state index contributed by atoms with van der Waals surface area (Å²) in [4.78, 5) is 0. The second kappa shape index (κ2) is 8.85. The normalized spacial score (nSPS) is 10.6. The first-order valence-corrected chi connectivity index (χ1v) is 8.12. The summed E-state index contributed by atoms with van der Waals surface area (Å²) in [7, 11) is 0. The average Bonchev–Trinajstić information content (AvgIpc) is 2.66. The van der Waals surface area contributed by atoms with Gasteiger partial charge in [-0.05, 0) is 35.4 Å². The maximum atomic E-state index is 12.3. The van der Waals surface area contributed by atoms with Gasteiger partial charge in [-0.1, -0.05) is 48.5 Å². The Kier molecular flexibility index (Phi) is 6.04. The molecule has 0 aromatic heterocycles. The van der Waals surface area contributed by atoms with Crippen molar-refractivity contribution >= 4 is 0 Å². The molecule has 0 unspecified atom stereocenters. The first kappa shape index (κ1) is 17.7. The van der Waals surface area contributed by atoms with Gasteiger partial charge < -0.3 is 14.2 Å². The topological polar surface area (TPSA) is 27.7 Å². The lowest BCUT2D eigenvalue weighted by molar-refractivity contribution is -0.0499. The Bertz CT molecular complexity index is 822. The van der Waals surface area contributed by atoms with Gasteiger partial charge in [0.15, 0.2) is 0 Å². The number of alkyl halides is 2. The molecular weight excluding hydrogens is 338 g/mol. The molecule has 0 spiro atoms. The van der Waals surface area contributed by atoms with E-state index < -0.39 is 6.61 Å². The van der Waals surface area contributed by atoms with Gasteiger partial charge in [-0.2, -0.15) is 8.78 Å². The Morgan fingerprint density at radius 1 is 0.615 bits per heavy atom. The van der Waals surface area contributed by atoms with E-state index in [0.717, 1.165) is 16.9 Å². The summed E-state index contributed by atoms with van der Waals surface area (Å²) in [5, 5.41) is 0. The first-order valence-electron chi connectivity index (χ1n) is 8.12. The Morgan fingerprint density at radius 3 is 1.92 bits per heavy atom. The van der Waals surface area contributed by atoms with Gasteiger partial charge in [-0.15, -0.1) is 0 Å². The molecule has 0 aliphatic heterocycles. The van der Waals surface area contributed by atoms with Crippen LogP contribution < -0.4 is 14.2 Å². The van der Waals surface area contributed by atoms with Crippen LogP contribution in [0.4, 0.5) is 8.78 Å². The van der Waals surface area contributed by atoms with Gasteiger partial charge in [0, 0.05) is 6.07 Å². The van der Waals surface area contributed by atoms with E-state index in [4.69, 9.17) is 9.47 Å². The van der Waals surface area contributed by atoms with E-state index in [9.17, 15) is 8.78 Å². The third kappa shape index (κ3) is 5.48. The fourth-order valence-corrected chi connectivity index (χ4v) is 2.37. The molecular formula is C21H18F2O3. The quantitative estimate of drug-likeness (QED) is 0.537. The zero-order valence-electron chi connectivity index (χ0n) is 14.0. The molecule has 3 aromatic rings. The lowest BCUT2D eigenvalue weighted by Gasteiger charge is -2.11. The lowest BCUT2D eigenvalue weighted by atomic mass is 10.2. The molecule has 0 radical (unpaired) electrons. The SMILES string of the molecule is FC(F)Oc1cccc(OCc2cccc(OCc3ccccc3)c2)c1. The molecule has 3 nitrogen and oxygen atoms in total. The maximum Gasteiger partial charge on any atom is 0.387 e. The molecule has 0 fully saturated rings. The van der Waals surface area contributed by atoms with Crippen molar-refractivity contribution in [2.75, 3.05) is 0 Å². The van der Waals surface area contributed by atoms with Gasteiger partial charge >= 0.3 is 6.61 Å². The van der Waals surface area contributed by atoms with Crippen LogP contribution in [0.3, 0.4) is 0 Å². The molecule has 0 aliphatic rings. The van der Waals surface area contributed by atoms with E-state index in [1.807, 2.05) is 54.6 Å². The Morgan fingerprint density at radius 2 is 1.19 bits per heavy atom. The van der Waals surface area contributed by atoms with Gasteiger partial charge in [-0.25, -0.2) is 0 Å². The van der Waals surface area contributed by atoms with Gasteiger partial charge in [0.1, 0.15) is 30.5 Å². The molecule has 3 rings (SSSR count). The van der Waals surface area contributed by atoms with E-state index in [0.29, 0.717) is 19.0 Å². The summed E-state index contributed by atoms with van der Waals surface area (Å²) in [5.74, 6) is 1.26. The van der Waals surface area contributed by atoms with Crippen LogP contribution in [0.15, 0.2) is 78.9 Å². The Balaban J connectivity index is 1.57. The first-order chi connectivity index (χ1) is 12.7.